The number of carbonyl (C=O) groups is 2. The lowest BCUT2D eigenvalue weighted by Gasteiger charge is -2.60. The topological polar surface area (TPSA) is 93.1 Å². The summed E-state index contributed by atoms with van der Waals surface area (Å²) in [4.78, 5) is 24.1. The van der Waals surface area contributed by atoms with E-state index >= 15 is 0 Å². The van der Waals surface area contributed by atoms with Gasteiger partial charge < -0.3 is 19.7 Å². The molecule has 0 amide bonds. The molecule has 2 rings (SSSR count). The summed E-state index contributed by atoms with van der Waals surface area (Å²) >= 11 is 0. The Kier molecular flexibility index (Phi) is 4.87. The van der Waals surface area contributed by atoms with Gasteiger partial charge in [-0.05, 0) is 0 Å². The van der Waals surface area contributed by atoms with Crippen LogP contribution in [0.25, 0.3) is 0 Å². The van der Waals surface area contributed by atoms with E-state index in [1.165, 1.54) is 0 Å². The zero-order valence-electron chi connectivity index (χ0n) is 17.0. The standard InChI is InChI=1S/C20H32O6/c1-17(2)13(23)18(3,4)15(17)25-11(21)9-10-12(22)26-16-19(5,6)14(24)20(16,7)8/h9-10,13-16,23-24H,1-8H3/b10-9-. The minimum atomic E-state index is -0.646. The van der Waals surface area contributed by atoms with Crippen molar-refractivity contribution >= 4 is 11.9 Å². The van der Waals surface area contributed by atoms with Crippen LogP contribution >= 0.6 is 0 Å². The lowest BCUT2D eigenvalue weighted by atomic mass is 9.51. The molecular weight excluding hydrogens is 336 g/mol. The molecule has 0 spiro atoms. The summed E-state index contributed by atoms with van der Waals surface area (Å²) < 4.78 is 10.9. The maximum absolute atomic E-state index is 12.1. The van der Waals surface area contributed by atoms with Crippen LogP contribution in [0.1, 0.15) is 55.4 Å². The maximum Gasteiger partial charge on any atom is 0.331 e. The first kappa shape index (κ1) is 20.9. The minimum absolute atomic E-state index is 0.446. The number of aliphatic hydroxyl groups excluding tert-OH is 2. The van der Waals surface area contributed by atoms with Crippen LogP contribution in [0, 0.1) is 21.7 Å². The van der Waals surface area contributed by atoms with Crippen molar-refractivity contribution in [2.75, 3.05) is 0 Å². The Morgan fingerprint density at radius 3 is 1.12 bits per heavy atom. The fourth-order valence-electron chi connectivity index (χ4n) is 5.27. The maximum atomic E-state index is 12.1. The molecule has 0 aromatic rings. The van der Waals surface area contributed by atoms with Crippen LogP contribution in [-0.4, -0.2) is 46.6 Å². The number of esters is 2. The Morgan fingerprint density at radius 1 is 0.654 bits per heavy atom. The van der Waals surface area contributed by atoms with Crippen molar-refractivity contribution in [2.24, 2.45) is 21.7 Å². The van der Waals surface area contributed by atoms with Gasteiger partial charge in [-0.25, -0.2) is 9.59 Å². The van der Waals surface area contributed by atoms with Crippen LogP contribution < -0.4 is 0 Å². The van der Waals surface area contributed by atoms with E-state index in [9.17, 15) is 19.8 Å². The van der Waals surface area contributed by atoms with Gasteiger partial charge in [0.2, 0.25) is 0 Å². The monoisotopic (exact) mass is 368 g/mol. The Bertz CT molecular complexity index is 542. The van der Waals surface area contributed by atoms with Crippen molar-refractivity contribution < 1.29 is 29.3 Å². The van der Waals surface area contributed by atoms with Gasteiger partial charge in [0, 0.05) is 33.8 Å². The molecule has 26 heavy (non-hydrogen) atoms. The predicted octanol–water partition coefficient (Wildman–Crippen LogP) is 2.22. The molecule has 6 nitrogen and oxygen atoms in total. The molecule has 2 saturated carbocycles. The first-order valence-electron chi connectivity index (χ1n) is 9.02. The summed E-state index contributed by atoms with van der Waals surface area (Å²) in [6.07, 6.45) is 0.0610. The van der Waals surface area contributed by atoms with Crippen LogP contribution in [0.3, 0.4) is 0 Å². The lowest BCUT2D eigenvalue weighted by molar-refractivity contribution is -0.258. The van der Waals surface area contributed by atoms with Gasteiger partial charge >= 0.3 is 11.9 Å². The molecular formula is C20H32O6. The van der Waals surface area contributed by atoms with E-state index in [0.29, 0.717) is 0 Å². The fraction of sp³-hybridized carbons (Fsp3) is 0.800. The van der Waals surface area contributed by atoms with Crippen LogP contribution in [0.2, 0.25) is 0 Å². The molecule has 6 heteroatoms. The van der Waals surface area contributed by atoms with Crippen molar-refractivity contribution in [1.29, 1.82) is 0 Å². The third-order valence-electron chi connectivity index (χ3n) is 6.35. The smallest absolute Gasteiger partial charge is 0.331 e. The highest BCUT2D eigenvalue weighted by atomic mass is 16.6. The third-order valence-corrected chi connectivity index (χ3v) is 6.35. The molecule has 0 radical (unpaired) electrons. The van der Waals surface area contributed by atoms with E-state index in [-0.39, 0.29) is 0 Å². The van der Waals surface area contributed by atoms with E-state index in [4.69, 9.17) is 9.47 Å². The van der Waals surface area contributed by atoms with E-state index in [1.54, 1.807) is 0 Å². The average molecular weight is 368 g/mol. The molecule has 0 aliphatic heterocycles. The molecule has 2 aliphatic carbocycles. The Labute approximate surface area is 155 Å². The Hall–Kier alpha value is -1.40. The first-order valence-corrected chi connectivity index (χ1v) is 9.02. The lowest BCUT2D eigenvalue weighted by Crippen LogP contribution is -2.68. The molecule has 0 heterocycles. The zero-order chi connectivity index (χ0) is 20.3. The molecule has 0 aromatic heterocycles. The van der Waals surface area contributed by atoms with Gasteiger partial charge in [-0.2, -0.15) is 0 Å². The van der Waals surface area contributed by atoms with Gasteiger partial charge in [0.25, 0.3) is 0 Å². The van der Waals surface area contributed by atoms with Crippen LogP contribution in [0.5, 0.6) is 0 Å². The molecule has 0 bridgehead atoms. The second-order valence-corrected chi connectivity index (χ2v) is 10.1. The van der Waals surface area contributed by atoms with Crippen molar-refractivity contribution in [3.63, 3.8) is 0 Å². The number of rotatable bonds is 4. The third kappa shape index (κ3) is 2.97. The molecule has 2 aliphatic rings. The molecule has 2 fully saturated rings. The van der Waals surface area contributed by atoms with Crippen LogP contribution in [-0.2, 0) is 19.1 Å². The van der Waals surface area contributed by atoms with E-state index in [0.717, 1.165) is 12.2 Å². The molecule has 0 unspecified atom stereocenters. The Morgan fingerprint density at radius 2 is 0.885 bits per heavy atom. The largest absolute Gasteiger partial charge is 0.458 e. The highest BCUT2D eigenvalue weighted by Crippen LogP contribution is 2.56. The number of ether oxygens (including phenoxy) is 2. The normalized spacial score (nSPS) is 35.9. The number of carbonyl (C=O) groups excluding carboxylic acids is 2. The van der Waals surface area contributed by atoms with Crippen LogP contribution in [0.4, 0.5) is 0 Å². The summed E-state index contributed by atoms with van der Waals surface area (Å²) in [5.41, 5.74) is -2.15. The summed E-state index contributed by atoms with van der Waals surface area (Å²) in [5.74, 6) is -1.29. The Balaban J connectivity index is 1.94. The highest BCUT2D eigenvalue weighted by molar-refractivity contribution is 5.92. The average Bonchev–Trinajstić information content (AvgIpc) is 2.53. The van der Waals surface area contributed by atoms with Gasteiger partial charge in [-0.3, -0.25) is 0 Å². The highest BCUT2D eigenvalue weighted by Gasteiger charge is 2.64. The summed E-state index contributed by atoms with van der Waals surface area (Å²) in [6.45, 7) is 14.7. The predicted molar refractivity (Wildman–Crippen MR) is 96.0 cm³/mol. The molecule has 2 N–H and O–H groups in total. The zero-order valence-corrected chi connectivity index (χ0v) is 17.0. The SMILES string of the molecule is CC1(C)C(O)C(C)(C)C1OC(=O)/C=C\C(=O)OC1C(C)(C)C(O)C1(C)C. The van der Waals surface area contributed by atoms with E-state index in [2.05, 4.69) is 0 Å². The van der Waals surface area contributed by atoms with E-state index in [1.807, 2.05) is 55.4 Å². The second-order valence-electron chi connectivity index (χ2n) is 10.1. The van der Waals surface area contributed by atoms with Crippen molar-refractivity contribution in [3.05, 3.63) is 12.2 Å². The summed E-state index contributed by atoms with van der Waals surface area (Å²) in [6, 6.07) is 0. The van der Waals surface area contributed by atoms with Gasteiger partial charge in [-0.1, -0.05) is 55.4 Å². The molecule has 0 atom stereocenters. The number of hydrogen-bond acceptors (Lipinski definition) is 6. The van der Waals surface area contributed by atoms with Crippen LogP contribution in [0.15, 0.2) is 12.2 Å². The van der Waals surface area contributed by atoms with Gasteiger partial charge in [0.15, 0.2) is 0 Å². The second kappa shape index (κ2) is 6.06. The molecule has 148 valence electrons. The van der Waals surface area contributed by atoms with Gasteiger partial charge in [0.1, 0.15) is 12.2 Å². The quantitative estimate of drug-likeness (QED) is 0.584. The van der Waals surface area contributed by atoms with Gasteiger partial charge in [0.05, 0.1) is 12.2 Å². The van der Waals surface area contributed by atoms with Crippen molar-refractivity contribution in [3.8, 4) is 0 Å². The number of hydrogen-bond donors (Lipinski definition) is 2. The molecule has 0 aromatic carbocycles. The van der Waals surface area contributed by atoms with Crippen molar-refractivity contribution in [1.82, 2.24) is 0 Å². The summed E-state index contributed by atoms with van der Waals surface area (Å²) in [5, 5.41) is 20.3. The molecule has 0 saturated heterocycles. The first-order chi connectivity index (χ1) is 11.6. The number of aliphatic hydroxyl groups is 2. The minimum Gasteiger partial charge on any atom is -0.458 e. The van der Waals surface area contributed by atoms with E-state index < -0.39 is 58.0 Å². The van der Waals surface area contributed by atoms with Gasteiger partial charge in [-0.15, -0.1) is 0 Å². The van der Waals surface area contributed by atoms with Crippen molar-refractivity contribution in [2.45, 2.75) is 79.8 Å². The summed E-state index contributed by atoms with van der Waals surface area (Å²) in [7, 11) is 0. The fourth-order valence-corrected chi connectivity index (χ4v) is 5.27.